The van der Waals surface area contributed by atoms with Gasteiger partial charge in [-0.1, -0.05) is 32.3 Å². The fourth-order valence-electron chi connectivity index (χ4n) is 2.39. The molecule has 0 atom stereocenters. The molecule has 0 bridgehead atoms. The summed E-state index contributed by atoms with van der Waals surface area (Å²) in [7, 11) is 0. The van der Waals surface area contributed by atoms with Gasteiger partial charge in [-0.15, -0.1) is 0 Å². The third-order valence-electron chi connectivity index (χ3n) is 3.48. The smallest absolute Gasteiger partial charge is 0.337 e. The van der Waals surface area contributed by atoms with E-state index in [4.69, 9.17) is 0 Å². The van der Waals surface area contributed by atoms with Crippen molar-refractivity contribution in [2.45, 2.75) is 39.2 Å². The van der Waals surface area contributed by atoms with Crippen molar-refractivity contribution in [3.05, 3.63) is 44.5 Å². The molecule has 0 saturated carbocycles. The van der Waals surface area contributed by atoms with Crippen LogP contribution in [0.1, 0.15) is 43.0 Å². The molecule has 6 heteroatoms. The molecule has 0 aliphatic rings. The second-order valence-corrected chi connectivity index (χ2v) is 4.98. The average Bonchev–Trinajstić information content (AvgIpc) is 2.46. The van der Waals surface area contributed by atoms with Crippen LogP contribution in [-0.2, 0) is 6.54 Å². The molecule has 0 amide bonds. The number of hydrogen-bond donors (Lipinski definition) is 2. The number of para-hydroxylation sites is 1. The van der Waals surface area contributed by atoms with Gasteiger partial charge in [-0.25, -0.2) is 4.79 Å². The predicted molar refractivity (Wildman–Crippen MR) is 79.9 cm³/mol. The van der Waals surface area contributed by atoms with Crippen molar-refractivity contribution < 1.29 is 9.90 Å². The van der Waals surface area contributed by atoms with E-state index in [1.165, 1.54) is 10.6 Å². The molecule has 1 heterocycles. The summed E-state index contributed by atoms with van der Waals surface area (Å²) in [6.07, 6.45) is 3.89. The lowest BCUT2D eigenvalue weighted by atomic mass is 10.1. The summed E-state index contributed by atoms with van der Waals surface area (Å²) < 4.78 is 1.37. The van der Waals surface area contributed by atoms with Gasteiger partial charge in [0.05, 0.1) is 16.6 Å². The van der Waals surface area contributed by atoms with Gasteiger partial charge in [0.2, 0.25) is 0 Å². The maximum atomic E-state index is 12.0. The minimum Gasteiger partial charge on any atom is -0.478 e. The van der Waals surface area contributed by atoms with Crippen molar-refractivity contribution in [3.8, 4) is 0 Å². The molecule has 0 radical (unpaired) electrons. The number of carboxylic acids is 1. The van der Waals surface area contributed by atoms with E-state index in [0.29, 0.717) is 12.1 Å². The van der Waals surface area contributed by atoms with Crippen LogP contribution in [0.3, 0.4) is 0 Å². The standard InChI is InChI=1S/C15H18N2O4/c1-2-3-4-5-9-17-11-8-6-7-10(15(20)21)12(11)16-13(18)14(17)19/h6-8H,2-5,9H2,1H3,(H,16,18)(H,20,21). The predicted octanol–water partition coefficient (Wildman–Crippen LogP) is 1.97. The summed E-state index contributed by atoms with van der Waals surface area (Å²) >= 11 is 0. The first-order valence-electron chi connectivity index (χ1n) is 7.05. The van der Waals surface area contributed by atoms with Crippen LogP contribution in [0.5, 0.6) is 0 Å². The number of aromatic carboxylic acids is 1. The summed E-state index contributed by atoms with van der Waals surface area (Å²) in [5.74, 6) is -1.13. The Hall–Kier alpha value is -2.37. The highest BCUT2D eigenvalue weighted by Crippen LogP contribution is 2.15. The Kier molecular flexibility index (Phi) is 4.57. The molecule has 1 aromatic carbocycles. The molecule has 0 spiro atoms. The number of carbonyl (C=O) groups is 1. The summed E-state index contributed by atoms with van der Waals surface area (Å²) in [5, 5.41) is 9.17. The van der Waals surface area contributed by atoms with Crippen molar-refractivity contribution in [3.63, 3.8) is 0 Å². The molecule has 0 fully saturated rings. The zero-order chi connectivity index (χ0) is 15.4. The molecular formula is C15H18N2O4. The summed E-state index contributed by atoms with van der Waals surface area (Å²) in [5.41, 5.74) is -0.777. The monoisotopic (exact) mass is 290 g/mol. The van der Waals surface area contributed by atoms with Crippen molar-refractivity contribution in [2.24, 2.45) is 0 Å². The second-order valence-electron chi connectivity index (χ2n) is 4.98. The van der Waals surface area contributed by atoms with Crippen LogP contribution >= 0.6 is 0 Å². The topological polar surface area (TPSA) is 92.2 Å². The quantitative estimate of drug-likeness (QED) is 0.628. The molecule has 2 N–H and O–H groups in total. The van der Waals surface area contributed by atoms with E-state index in [1.54, 1.807) is 12.1 Å². The maximum absolute atomic E-state index is 12.0. The van der Waals surface area contributed by atoms with Gasteiger partial charge in [-0.3, -0.25) is 9.59 Å². The zero-order valence-electron chi connectivity index (χ0n) is 11.9. The number of hydrogen-bond acceptors (Lipinski definition) is 3. The zero-order valence-corrected chi connectivity index (χ0v) is 11.9. The van der Waals surface area contributed by atoms with E-state index in [-0.39, 0.29) is 11.1 Å². The van der Waals surface area contributed by atoms with Gasteiger partial charge in [0, 0.05) is 6.54 Å². The molecule has 6 nitrogen and oxygen atoms in total. The van der Waals surface area contributed by atoms with Crippen LogP contribution in [0, 0.1) is 0 Å². The number of unbranched alkanes of at least 4 members (excludes halogenated alkanes) is 3. The highest BCUT2D eigenvalue weighted by molar-refractivity contribution is 6.00. The first-order chi connectivity index (χ1) is 10.1. The lowest BCUT2D eigenvalue weighted by Crippen LogP contribution is -2.36. The van der Waals surface area contributed by atoms with Gasteiger partial charge >= 0.3 is 17.1 Å². The lowest BCUT2D eigenvalue weighted by Gasteiger charge is -2.10. The van der Waals surface area contributed by atoms with Crippen molar-refractivity contribution in [1.82, 2.24) is 9.55 Å². The fraction of sp³-hybridized carbons (Fsp3) is 0.400. The third kappa shape index (κ3) is 3.04. The average molecular weight is 290 g/mol. The minimum atomic E-state index is -1.13. The number of aromatic nitrogens is 2. The Morgan fingerprint density at radius 1 is 1.24 bits per heavy atom. The summed E-state index contributed by atoms with van der Waals surface area (Å²) in [6.45, 7) is 2.51. The van der Waals surface area contributed by atoms with Crippen LogP contribution in [0.4, 0.5) is 0 Å². The molecule has 21 heavy (non-hydrogen) atoms. The molecule has 1 aromatic heterocycles. The highest BCUT2D eigenvalue weighted by atomic mass is 16.4. The molecule has 0 aliphatic heterocycles. The van der Waals surface area contributed by atoms with E-state index in [9.17, 15) is 19.5 Å². The third-order valence-corrected chi connectivity index (χ3v) is 3.48. The Bertz CT molecular complexity index is 773. The van der Waals surface area contributed by atoms with Crippen molar-refractivity contribution >= 4 is 17.0 Å². The molecular weight excluding hydrogens is 272 g/mol. The van der Waals surface area contributed by atoms with Gasteiger partial charge in [0.1, 0.15) is 0 Å². The van der Waals surface area contributed by atoms with E-state index < -0.39 is 17.1 Å². The van der Waals surface area contributed by atoms with Crippen LogP contribution in [-0.4, -0.2) is 20.6 Å². The number of carboxylic acid groups (broad SMARTS) is 1. The normalized spacial score (nSPS) is 10.9. The molecule has 112 valence electrons. The van der Waals surface area contributed by atoms with Crippen molar-refractivity contribution in [1.29, 1.82) is 0 Å². The van der Waals surface area contributed by atoms with Crippen LogP contribution in [0.15, 0.2) is 27.8 Å². The number of rotatable bonds is 6. The van der Waals surface area contributed by atoms with Crippen molar-refractivity contribution in [2.75, 3.05) is 0 Å². The Morgan fingerprint density at radius 2 is 2.00 bits per heavy atom. The first kappa shape index (κ1) is 15.0. The Morgan fingerprint density at radius 3 is 2.67 bits per heavy atom. The number of benzene rings is 1. The first-order valence-corrected chi connectivity index (χ1v) is 7.05. The Balaban J connectivity index is 2.55. The number of H-pyrrole nitrogens is 1. The fourth-order valence-corrected chi connectivity index (χ4v) is 2.39. The molecule has 2 aromatic rings. The summed E-state index contributed by atoms with van der Waals surface area (Å²) in [6, 6.07) is 4.64. The number of aromatic amines is 1. The van der Waals surface area contributed by atoms with E-state index in [0.717, 1.165) is 25.7 Å². The van der Waals surface area contributed by atoms with Gasteiger partial charge in [-0.05, 0) is 18.6 Å². The van der Waals surface area contributed by atoms with Gasteiger partial charge in [-0.2, -0.15) is 0 Å². The molecule has 0 unspecified atom stereocenters. The number of nitrogens with zero attached hydrogens (tertiary/aromatic N) is 1. The van der Waals surface area contributed by atoms with E-state index in [2.05, 4.69) is 11.9 Å². The van der Waals surface area contributed by atoms with Crippen LogP contribution in [0.2, 0.25) is 0 Å². The lowest BCUT2D eigenvalue weighted by molar-refractivity contribution is 0.0699. The SMILES string of the molecule is CCCCCCn1c(=O)c(=O)[nH]c2c(C(=O)O)cccc21. The van der Waals surface area contributed by atoms with Crippen LogP contribution < -0.4 is 11.1 Å². The minimum absolute atomic E-state index is 0.00749. The summed E-state index contributed by atoms with van der Waals surface area (Å²) in [4.78, 5) is 37.3. The Labute approximate surface area is 121 Å². The van der Waals surface area contributed by atoms with E-state index >= 15 is 0 Å². The van der Waals surface area contributed by atoms with Gasteiger partial charge < -0.3 is 14.7 Å². The number of nitrogens with one attached hydrogen (secondary N) is 1. The molecule has 0 aliphatic carbocycles. The van der Waals surface area contributed by atoms with E-state index in [1.807, 2.05) is 0 Å². The van der Waals surface area contributed by atoms with Gasteiger partial charge in [0.15, 0.2) is 0 Å². The largest absolute Gasteiger partial charge is 0.478 e. The van der Waals surface area contributed by atoms with Gasteiger partial charge in [0.25, 0.3) is 0 Å². The number of fused-ring (bicyclic) bond motifs is 1. The highest BCUT2D eigenvalue weighted by Gasteiger charge is 2.13. The maximum Gasteiger partial charge on any atom is 0.337 e. The van der Waals surface area contributed by atoms with Crippen LogP contribution in [0.25, 0.3) is 11.0 Å². The molecule has 2 rings (SSSR count). The second kappa shape index (κ2) is 6.39. The number of aryl methyl sites for hydroxylation is 1. The molecule has 0 saturated heterocycles.